The van der Waals surface area contributed by atoms with Crippen LogP contribution < -0.4 is 5.32 Å². The van der Waals surface area contributed by atoms with Gasteiger partial charge in [-0.25, -0.2) is 0 Å². The maximum Gasteiger partial charge on any atom is 0.0579 e. The summed E-state index contributed by atoms with van der Waals surface area (Å²) in [5, 5.41) is 4.42. The normalized spacial score (nSPS) is 12.4. The molecule has 0 aliphatic rings. The van der Waals surface area contributed by atoms with Crippen molar-refractivity contribution < 1.29 is 0 Å². The zero-order valence-corrected chi connectivity index (χ0v) is 14.9. The van der Waals surface area contributed by atoms with Crippen LogP contribution >= 0.6 is 34.2 Å². The summed E-state index contributed by atoms with van der Waals surface area (Å²) in [6.45, 7) is 7.25. The van der Waals surface area contributed by atoms with E-state index in [-0.39, 0.29) is 6.04 Å². The Hall–Kier alpha value is -0.580. The van der Waals surface area contributed by atoms with E-state index in [2.05, 4.69) is 85.1 Å². The van der Waals surface area contributed by atoms with Crippen molar-refractivity contribution >= 4 is 34.2 Å². The quantitative estimate of drug-likeness (QED) is 0.692. The van der Waals surface area contributed by atoms with Crippen LogP contribution in [-0.4, -0.2) is 6.54 Å². The number of benzene rings is 2. The maximum absolute atomic E-state index is 6.22. The minimum atomic E-state index is 0.214. The predicted molar refractivity (Wildman–Crippen MR) is 95.6 cm³/mol. The summed E-state index contributed by atoms with van der Waals surface area (Å²) in [6, 6.07) is 13.1. The number of halogens is 2. The molecule has 0 saturated heterocycles. The Morgan fingerprint density at radius 3 is 2.55 bits per heavy atom. The maximum atomic E-state index is 6.22. The molecule has 0 aliphatic heterocycles. The van der Waals surface area contributed by atoms with Crippen LogP contribution in [0.5, 0.6) is 0 Å². The molecule has 1 atom stereocenters. The third kappa shape index (κ3) is 3.54. The molecule has 0 fully saturated rings. The molecule has 2 rings (SSSR count). The first-order valence-electron chi connectivity index (χ1n) is 6.78. The van der Waals surface area contributed by atoms with Crippen molar-refractivity contribution in [1.82, 2.24) is 5.32 Å². The van der Waals surface area contributed by atoms with Crippen molar-refractivity contribution in [3.05, 3.63) is 67.2 Å². The van der Waals surface area contributed by atoms with Crippen LogP contribution in [-0.2, 0) is 0 Å². The second kappa shape index (κ2) is 6.92. The molecule has 3 heteroatoms. The van der Waals surface area contributed by atoms with Crippen molar-refractivity contribution in [2.24, 2.45) is 0 Å². The molecule has 0 saturated carbocycles. The number of hydrogen-bond acceptors (Lipinski definition) is 1. The molecule has 0 spiro atoms. The van der Waals surface area contributed by atoms with E-state index in [4.69, 9.17) is 11.6 Å². The van der Waals surface area contributed by atoms with E-state index in [9.17, 15) is 0 Å². The summed E-state index contributed by atoms with van der Waals surface area (Å²) in [5.41, 5.74) is 4.95. The fourth-order valence-corrected chi connectivity index (χ4v) is 3.20. The smallest absolute Gasteiger partial charge is 0.0579 e. The van der Waals surface area contributed by atoms with E-state index < -0.39 is 0 Å². The predicted octanol–water partition coefficient (Wildman–Crippen LogP) is 5.26. The average molecular weight is 400 g/mol. The van der Waals surface area contributed by atoms with E-state index in [0.29, 0.717) is 0 Å². The van der Waals surface area contributed by atoms with Gasteiger partial charge in [0, 0.05) is 8.59 Å². The molecule has 20 heavy (non-hydrogen) atoms. The van der Waals surface area contributed by atoms with Gasteiger partial charge in [-0.2, -0.15) is 0 Å². The standard InChI is InChI=1S/C17H19ClIN/c1-4-20-17(13-6-5-7-14(19)10-13)15-8-12(3)16(18)9-11(15)2/h5-10,17,20H,4H2,1-3H3. The van der Waals surface area contributed by atoms with Crippen molar-refractivity contribution in [1.29, 1.82) is 0 Å². The Morgan fingerprint density at radius 2 is 1.90 bits per heavy atom. The fraction of sp³-hybridized carbons (Fsp3) is 0.294. The Balaban J connectivity index is 2.51. The second-order valence-electron chi connectivity index (χ2n) is 5.00. The van der Waals surface area contributed by atoms with Crippen molar-refractivity contribution in [3.8, 4) is 0 Å². The van der Waals surface area contributed by atoms with Gasteiger partial charge in [0.25, 0.3) is 0 Å². The van der Waals surface area contributed by atoms with Gasteiger partial charge >= 0.3 is 0 Å². The lowest BCUT2D eigenvalue weighted by atomic mass is 9.93. The zero-order valence-electron chi connectivity index (χ0n) is 12.0. The van der Waals surface area contributed by atoms with Crippen LogP contribution in [0.2, 0.25) is 5.02 Å². The molecular weight excluding hydrogens is 381 g/mol. The molecule has 0 radical (unpaired) electrons. The van der Waals surface area contributed by atoms with Crippen LogP contribution in [0.4, 0.5) is 0 Å². The summed E-state index contributed by atoms with van der Waals surface area (Å²) in [7, 11) is 0. The zero-order chi connectivity index (χ0) is 14.7. The molecule has 1 unspecified atom stereocenters. The SMILES string of the molecule is CCNC(c1cccc(I)c1)c1cc(C)c(Cl)cc1C. The molecule has 0 aliphatic carbocycles. The summed E-state index contributed by atoms with van der Waals surface area (Å²) >= 11 is 8.58. The van der Waals surface area contributed by atoms with Gasteiger partial charge in [0.2, 0.25) is 0 Å². The van der Waals surface area contributed by atoms with Crippen LogP contribution in [0.25, 0.3) is 0 Å². The largest absolute Gasteiger partial charge is 0.307 e. The highest BCUT2D eigenvalue weighted by molar-refractivity contribution is 14.1. The van der Waals surface area contributed by atoms with Gasteiger partial charge in [0.1, 0.15) is 0 Å². The van der Waals surface area contributed by atoms with E-state index in [1.807, 2.05) is 0 Å². The molecule has 0 bridgehead atoms. The molecule has 1 nitrogen and oxygen atoms in total. The van der Waals surface area contributed by atoms with E-state index in [1.54, 1.807) is 0 Å². The second-order valence-corrected chi connectivity index (χ2v) is 6.66. The van der Waals surface area contributed by atoms with Gasteiger partial charge in [0.05, 0.1) is 6.04 Å². The van der Waals surface area contributed by atoms with E-state index >= 15 is 0 Å². The summed E-state index contributed by atoms with van der Waals surface area (Å²) < 4.78 is 1.26. The first kappa shape index (κ1) is 15.8. The number of rotatable bonds is 4. The number of nitrogens with one attached hydrogen (secondary N) is 1. The molecule has 2 aromatic carbocycles. The monoisotopic (exact) mass is 399 g/mol. The molecular formula is C17H19ClIN. The minimum Gasteiger partial charge on any atom is -0.307 e. The Morgan fingerprint density at radius 1 is 1.15 bits per heavy atom. The van der Waals surface area contributed by atoms with E-state index in [0.717, 1.165) is 17.1 Å². The van der Waals surface area contributed by atoms with Crippen LogP contribution in [0.15, 0.2) is 36.4 Å². The van der Waals surface area contributed by atoms with Gasteiger partial charge in [-0.05, 0) is 83.4 Å². The van der Waals surface area contributed by atoms with Gasteiger partial charge in [-0.15, -0.1) is 0 Å². The van der Waals surface area contributed by atoms with Gasteiger partial charge in [-0.1, -0.05) is 36.7 Å². The van der Waals surface area contributed by atoms with Crippen molar-refractivity contribution in [3.63, 3.8) is 0 Å². The Labute approximate surface area is 139 Å². The summed E-state index contributed by atoms with van der Waals surface area (Å²) in [4.78, 5) is 0. The number of hydrogen-bond donors (Lipinski definition) is 1. The lowest BCUT2D eigenvalue weighted by Gasteiger charge is -2.22. The lowest BCUT2D eigenvalue weighted by Crippen LogP contribution is -2.23. The fourth-order valence-electron chi connectivity index (χ4n) is 2.41. The highest BCUT2D eigenvalue weighted by Crippen LogP contribution is 2.29. The van der Waals surface area contributed by atoms with Crippen LogP contribution in [0.3, 0.4) is 0 Å². The van der Waals surface area contributed by atoms with Gasteiger partial charge < -0.3 is 5.32 Å². The Kier molecular flexibility index (Phi) is 5.47. The molecule has 0 heterocycles. The topological polar surface area (TPSA) is 12.0 Å². The van der Waals surface area contributed by atoms with Gasteiger partial charge in [0.15, 0.2) is 0 Å². The summed E-state index contributed by atoms with van der Waals surface area (Å²) in [5.74, 6) is 0. The van der Waals surface area contributed by atoms with E-state index in [1.165, 1.54) is 20.3 Å². The van der Waals surface area contributed by atoms with Crippen LogP contribution in [0, 0.1) is 17.4 Å². The third-order valence-electron chi connectivity index (χ3n) is 3.45. The summed E-state index contributed by atoms with van der Waals surface area (Å²) in [6.07, 6.45) is 0. The van der Waals surface area contributed by atoms with Crippen molar-refractivity contribution in [2.45, 2.75) is 26.8 Å². The Bertz CT molecular complexity index is 610. The average Bonchev–Trinajstić information content (AvgIpc) is 2.40. The molecule has 0 aromatic heterocycles. The molecule has 106 valence electrons. The molecule has 1 N–H and O–H groups in total. The number of aryl methyl sites for hydroxylation is 2. The third-order valence-corrected chi connectivity index (χ3v) is 4.53. The van der Waals surface area contributed by atoms with Crippen molar-refractivity contribution in [2.75, 3.05) is 6.54 Å². The van der Waals surface area contributed by atoms with Crippen LogP contribution in [0.1, 0.15) is 35.2 Å². The minimum absolute atomic E-state index is 0.214. The highest BCUT2D eigenvalue weighted by atomic mass is 127. The highest BCUT2D eigenvalue weighted by Gasteiger charge is 2.16. The van der Waals surface area contributed by atoms with Gasteiger partial charge in [-0.3, -0.25) is 0 Å². The molecule has 2 aromatic rings. The lowest BCUT2D eigenvalue weighted by molar-refractivity contribution is 0.627. The first-order valence-corrected chi connectivity index (χ1v) is 8.24. The molecule has 0 amide bonds. The first-order chi connectivity index (χ1) is 9.52.